The lowest BCUT2D eigenvalue weighted by Gasteiger charge is -2.31. The average molecular weight is 421 g/mol. The molecule has 0 radical (unpaired) electrons. The van der Waals surface area contributed by atoms with Crippen LogP contribution in [0.2, 0.25) is 0 Å². The number of para-hydroxylation sites is 1. The number of fused-ring (bicyclic) bond motifs is 2. The summed E-state index contributed by atoms with van der Waals surface area (Å²) in [4.78, 5) is 20.8. The molecule has 0 unspecified atom stereocenters. The average Bonchev–Trinajstić information content (AvgIpc) is 3.64. The number of piperidine rings is 1. The van der Waals surface area contributed by atoms with Crippen molar-refractivity contribution in [3.8, 4) is 6.07 Å². The summed E-state index contributed by atoms with van der Waals surface area (Å²) in [6.07, 6.45) is 4.59. The quantitative estimate of drug-likeness (QED) is 0.467. The number of hydrogen-bond acceptors (Lipinski definition) is 4. The van der Waals surface area contributed by atoms with Crippen molar-refractivity contribution in [1.82, 2.24) is 9.55 Å². The normalized spacial score (nSPS) is 21.0. The number of nitrogens with zero attached hydrogens (tertiary/aromatic N) is 4. The fraction of sp³-hybridized carbons (Fsp3) is 0.296. The van der Waals surface area contributed by atoms with E-state index in [1.54, 1.807) is 0 Å². The van der Waals surface area contributed by atoms with E-state index in [-0.39, 0.29) is 23.4 Å². The molecule has 32 heavy (non-hydrogen) atoms. The fourth-order valence-corrected chi connectivity index (χ4v) is 5.16. The highest BCUT2D eigenvalue weighted by Crippen LogP contribution is 2.50. The van der Waals surface area contributed by atoms with Crippen LogP contribution in [0.5, 0.6) is 0 Å². The van der Waals surface area contributed by atoms with Crippen LogP contribution in [0.1, 0.15) is 36.9 Å². The van der Waals surface area contributed by atoms with Gasteiger partial charge in [0.05, 0.1) is 22.7 Å². The summed E-state index contributed by atoms with van der Waals surface area (Å²) in [7, 11) is 0. The van der Waals surface area contributed by atoms with E-state index in [1.165, 1.54) is 0 Å². The predicted molar refractivity (Wildman–Crippen MR) is 127 cm³/mol. The van der Waals surface area contributed by atoms with Crippen LogP contribution in [0.25, 0.3) is 21.7 Å². The lowest BCUT2D eigenvalue weighted by Crippen LogP contribution is -2.34. The lowest BCUT2D eigenvalue weighted by molar-refractivity contribution is 0.488. The molecule has 6 rings (SSSR count). The number of nitriles is 1. The molecule has 0 N–H and O–H groups in total. The summed E-state index contributed by atoms with van der Waals surface area (Å²) < 4.78 is 1.91. The topological polar surface area (TPSA) is 61.9 Å². The van der Waals surface area contributed by atoms with Crippen molar-refractivity contribution < 1.29 is 0 Å². The van der Waals surface area contributed by atoms with Gasteiger partial charge in [-0.2, -0.15) is 5.26 Å². The summed E-state index contributed by atoms with van der Waals surface area (Å²) in [6.45, 7) is 1.64. The lowest BCUT2D eigenvalue weighted by atomic mass is 9.97. The van der Waals surface area contributed by atoms with E-state index < -0.39 is 0 Å². The second kappa shape index (κ2) is 7.49. The maximum absolute atomic E-state index is 13.6. The third-order valence-electron chi connectivity index (χ3n) is 7.07. The Bertz CT molecular complexity index is 1430. The second-order valence-corrected chi connectivity index (χ2v) is 9.00. The molecule has 0 amide bonds. The van der Waals surface area contributed by atoms with Crippen molar-refractivity contribution in [3.05, 3.63) is 82.9 Å². The maximum atomic E-state index is 13.6. The molecule has 2 aromatic carbocycles. The number of aromatic nitrogens is 2. The van der Waals surface area contributed by atoms with Crippen LogP contribution in [0, 0.1) is 17.2 Å². The maximum Gasteiger partial charge on any atom is 0.260 e. The molecule has 5 heteroatoms. The van der Waals surface area contributed by atoms with Gasteiger partial charge in [0.15, 0.2) is 0 Å². The van der Waals surface area contributed by atoms with E-state index in [9.17, 15) is 10.1 Å². The van der Waals surface area contributed by atoms with Gasteiger partial charge in [-0.25, -0.2) is 0 Å². The number of anilines is 1. The SMILES string of the molecule is N#CC1CCN(c2cccc3ccn([C@@H]4C[C@@H]4c4ccc5ccccc5n4)c(=O)c23)CC1. The molecular formula is C27H24N4O. The zero-order valence-electron chi connectivity index (χ0n) is 17.8. The Balaban J connectivity index is 1.35. The molecule has 2 atom stereocenters. The van der Waals surface area contributed by atoms with Crippen LogP contribution >= 0.6 is 0 Å². The third kappa shape index (κ3) is 3.15. The zero-order chi connectivity index (χ0) is 21.7. The highest BCUT2D eigenvalue weighted by atomic mass is 16.1. The Morgan fingerprint density at radius 3 is 2.59 bits per heavy atom. The van der Waals surface area contributed by atoms with Gasteiger partial charge in [-0.15, -0.1) is 0 Å². The van der Waals surface area contributed by atoms with E-state index in [2.05, 4.69) is 41.3 Å². The van der Waals surface area contributed by atoms with Crippen LogP contribution in [-0.2, 0) is 0 Å². The van der Waals surface area contributed by atoms with Crippen molar-refractivity contribution in [1.29, 1.82) is 5.26 Å². The van der Waals surface area contributed by atoms with Gasteiger partial charge >= 0.3 is 0 Å². The Labute approximate surface area is 186 Å². The summed E-state index contributed by atoms with van der Waals surface area (Å²) in [6, 6.07) is 23.1. The minimum atomic E-state index is 0.0776. The van der Waals surface area contributed by atoms with Gasteiger partial charge in [-0.3, -0.25) is 9.78 Å². The van der Waals surface area contributed by atoms with Crippen molar-refractivity contribution in [3.63, 3.8) is 0 Å². The molecule has 1 saturated heterocycles. The molecule has 1 saturated carbocycles. The van der Waals surface area contributed by atoms with Crippen LogP contribution in [-0.4, -0.2) is 22.6 Å². The molecule has 1 aliphatic heterocycles. The monoisotopic (exact) mass is 420 g/mol. The molecule has 3 heterocycles. The first-order valence-electron chi connectivity index (χ1n) is 11.4. The van der Waals surface area contributed by atoms with Crippen LogP contribution in [0.3, 0.4) is 0 Å². The van der Waals surface area contributed by atoms with E-state index in [0.29, 0.717) is 0 Å². The standard InChI is InChI=1S/C27H24N4O/c28-17-18-10-13-30(14-11-18)24-7-3-5-20-12-15-31(27(32)26(20)24)25-16-21(25)23-9-8-19-4-1-2-6-22(19)29-23/h1-9,12,15,18,21,25H,10-11,13-14,16H2/t21-,25-/m1/s1. The van der Waals surface area contributed by atoms with Crippen LogP contribution in [0.15, 0.2) is 71.7 Å². The second-order valence-electron chi connectivity index (χ2n) is 9.00. The summed E-state index contributed by atoms with van der Waals surface area (Å²) in [5.74, 6) is 0.396. The summed E-state index contributed by atoms with van der Waals surface area (Å²) in [5, 5.41) is 12.1. The van der Waals surface area contributed by atoms with Gasteiger partial charge in [0.2, 0.25) is 0 Å². The number of benzene rings is 2. The summed E-state index contributed by atoms with van der Waals surface area (Å²) in [5.41, 5.74) is 3.14. The first-order chi connectivity index (χ1) is 15.7. The van der Waals surface area contributed by atoms with Crippen molar-refractivity contribution in [2.45, 2.75) is 31.2 Å². The minimum Gasteiger partial charge on any atom is -0.371 e. The molecule has 5 nitrogen and oxygen atoms in total. The van der Waals surface area contributed by atoms with Crippen LogP contribution in [0.4, 0.5) is 5.69 Å². The molecule has 0 bridgehead atoms. The Morgan fingerprint density at radius 2 is 1.75 bits per heavy atom. The Morgan fingerprint density at radius 1 is 0.938 bits per heavy atom. The van der Waals surface area contributed by atoms with E-state index in [0.717, 1.165) is 65.4 Å². The molecular weight excluding hydrogens is 396 g/mol. The van der Waals surface area contributed by atoms with Crippen LogP contribution < -0.4 is 10.5 Å². The molecule has 2 aliphatic rings. The Hall–Kier alpha value is -3.65. The zero-order valence-corrected chi connectivity index (χ0v) is 17.8. The molecule has 2 fully saturated rings. The van der Waals surface area contributed by atoms with Crippen molar-refractivity contribution in [2.24, 2.45) is 5.92 Å². The number of rotatable bonds is 3. The highest BCUT2D eigenvalue weighted by molar-refractivity contribution is 5.93. The third-order valence-corrected chi connectivity index (χ3v) is 7.07. The molecule has 4 aromatic rings. The Kier molecular flexibility index (Phi) is 4.46. The van der Waals surface area contributed by atoms with Gasteiger partial charge < -0.3 is 9.47 Å². The van der Waals surface area contributed by atoms with Crippen molar-refractivity contribution >= 4 is 27.4 Å². The van der Waals surface area contributed by atoms with E-state index in [4.69, 9.17) is 4.98 Å². The minimum absolute atomic E-state index is 0.0776. The summed E-state index contributed by atoms with van der Waals surface area (Å²) >= 11 is 0. The van der Waals surface area contributed by atoms with Gasteiger partial charge in [0, 0.05) is 48.2 Å². The predicted octanol–water partition coefficient (Wildman–Crippen LogP) is 5.02. The number of hydrogen-bond donors (Lipinski definition) is 0. The largest absolute Gasteiger partial charge is 0.371 e. The van der Waals surface area contributed by atoms with Crippen molar-refractivity contribution in [2.75, 3.05) is 18.0 Å². The van der Waals surface area contributed by atoms with Gasteiger partial charge in [0.1, 0.15) is 0 Å². The first-order valence-corrected chi connectivity index (χ1v) is 11.4. The van der Waals surface area contributed by atoms with E-state index >= 15 is 0 Å². The fourth-order valence-electron chi connectivity index (χ4n) is 5.16. The molecule has 0 spiro atoms. The molecule has 1 aliphatic carbocycles. The smallest absolute Gasteiger partial charge is 0.260 e. The highest BCUT2D eigenvalue weighted by Gasteiger charge is 2.41. The van der Waals surface area contributed by atoms with Gasteiger partial charge in [-0.05, 0) is 48.9 Å². The molecule has 158 valence electrons. The number of pyridine rings is 2. The first kappa shape index (κ1) is 19.1. The van der Waals surface area contributed by atoms with Gasteiger partial charge in [-0.1, -0.05) is 36.4 Å². The molecule has 2 aromatic heterocycles. The van der Waals surface area contributed by atoms with Gasteiger partial charge in [0.25, 0.3) is 5.56 Å². The van der Waals surface area contributed by atoms with E-state index in [1.807, 2.05) is 41.1 Å².